The molecule has 0 spiro atoms. The van der Waals surface area contributed by atoms with E-state index in [0.717, 1.165) is 77.0 Å². The lowest BCUT2D eigenvalue weighted by Gasteiger charge is -2.71. The number of ether oxygens (including phenoxy) is 2. The number of aromatic nitrogens is 3. The van der Waals surface area contributed by atoms with Crippen molar-refractivity contribution in [2.45, 2.75) is 165 Å². The number of aliphatic carboxylic acids is 1. The third kappa shape index (κ3) is 6.24. The minimum Gasteiger partial charge on any atom is -0.481 e. The van der Waals surface area contributed by atoms with Crippen molar-refractivity contribution >= 4 is 17.9 Å². The largest absolute Gasteiger partial charge is 0.481 e. The molecule has 0 bridgehead atoms. The van der Waals surface area contributed by atoms with Crippen LogP contribution in [0.5, 0.6) is 0 Å². The van der Waals surface area contributed by atoms with Crippen LogP contribution in [0.1, 0.15) is 151 Å². The van der Waals surface area contributed by atoms with Gasteiger partial charge < -0.3 is 14.6 Å². The monoisotopic (exact) mass is 693 g/mol. The first kappa shape index (κ1) is 37.1. The molecule has 4 saturated carbocycles. The highest BCUT2D eigenvalue weighted by Gasteiger charge is 2.68. The summed E-state index contributed by atoms with van der Waals surface area (Å²) in [6.07, 6.45) is 16.9. The Labute approximate surface area is 299 Å². The van der Waals surface area contributed by atoms with Gasteiger partial charge in [0.2, 0.25) is 0 Å². The standard InChI is InChI=1S/C41H63N3O6/c1-9-10-11-34(47)49-26-27-24-44(43-42-27)25-35(48)50-32-15-16-38(6)30(37(32,4)5)14-17-40(8)31(38)13-12-28-29-22-36(2,3)18-20-41(29,23-33(45)46)21-19-39(28,40)7/h12,24,29-32H,9-11,13-23,25-26H2,1-8H3,(H,45,46)/t29-,30?,31-,32+,38+,39-,40-,41-/m1/s1. The number of rotatable bonds is 10. The van der Waals surface area contributed by atoms with Crippen LogP contribution in [-0.2, 0) is 37.0 Å². The number of nitrogens with zero attached hydrogens (tertiary/aromatic N) is 3. The molecule has 9 nitrogen and oxygen atoms in total. The maximum Gasteiger partial charge on any atom is 0.328 e. The number of carbonyl (C=O) groups is 3. The van der Waals surface area contributed by atoms with Gasteiger partial charge in [0.05, 0.1) is 12.6 Å². The number of fused-ring (bicyclic) bond motifs is 7. The lowest BCUT2D eigenvalue weighted by molar-refractivity contribution is -0.213. The Morgan fingerprint density at radius 1 is 0.940 bits per heavy atom. The quantitative estimate of drug-likeness (QED) is 0.191. The molecule has 8 atom stereocenters. The molecule has 0 saturated heterocycles. The minimum atomic E-state index is -0.641. The number of carbonyl (C=O) groups excluding carboxylic acids is 2. The average molecular weight is 694 g/mol. The molecule has 0 aromatic carbocycles. The van der Waals surface area contributed by atoms with Crippen LogP contribution in [0.15, 0.2) is 17.8 Å². The zero-order valence-corrected chi connectivity index (χ0v) is 32.1. The van der Waals surface area contributed by atoms with Gasteiger partial charge in [-0.1, -0.05) is 78.7 Å². The van der Waals surface area contributed by atoms with Crippen LogP contribution in [-0.4, -0.2) is 44.1 Å². The molecule has 5 aliphatic carbocycles. The van der Waals surface area contributed by atoms with Gasteiger partial charge in [-0.25, -0.2) is 4.68 Å². The number of hydrogen-bond acceptors (Lipinski definition) is 7. The van der Waals surface area contributed by atoms with Crippen LogP contribution in [0.3, 0.4) is 0 Å². The maximum absolute atomic E-state index is 13.3. The van der Waals surface area contributed by atoms with E-state index in [9.17, 15) is 19.5 Å². The normalized spacial score (nSPS) is 38.4. The number of esters is 2. The van der Waals surface area contributed by atoms with E-state index in [2.05, 4.69) is 64.9 Å². The fourth-order valence-corrected chi connectivity index (χ4v) is 12.5. The number of unbranched alkanes of at least 4 members (excludes halogenated alkanes) is 1. The molecule has 5 aliphatic rings. The Balaban J connectivity index is 1.16. The van der Waals surface area contributed by atoms with Crippen molar-refractivity contribution in [3.8, 4) is 0 Å². The van der Waals surface area contributed by atoms with Crippen LogP contribution in [0.4, 0.5) is 0 Å². The Kier molecular flexibility index (Phi) is 9.67. The molecule has 4 fully saturated rings. The second kappa shape index (κ2) is 13.1. The van der Waals surface area contributed by atoms with Crippen molar-refractivity contribution in [3.63, 3.8) is 0 Å². The van der Waals surface area contributed by atoms with Crippen LogP contribution in [0.25, 0.3) is 0 Å². The van der Waals surface area contributed by atoms with Gasteiger partial charge in [0.25, 0.3) is 0 Å². The molecule has 1 aromatic rings. The van der Waals surface area contributed by atoms with E-state index in [1.807, 2.05) is 6.92 Å². The molecular weight excluding hydrogens is 630 g/mol. The van der Waals surface area contributed by atoms with Gasteiger partial charge in [-0.15, -0.1) is 5.10 Å². The van der Waals surface area contributed by atoms with Crippen molar-refractivity contribution < 1.29 is 29.0 Å². The second-order valence-corrected chi connectivity index (χ2v) is 19.2. The Morgan fingerprint density at radius 3 is 2.40 bits per heavy atom. The smallest absolute Gasteiger partial charge is 0.328 e. The Bertz CT molecular complexity index is 1510. The predicted molar refractivity (Wildman–Crippen MR) is 191 cm³/mol. The molecule has 1 N–H and O–H groups in total. The first-order chi connectivity index (χ1) is 23.4. The van der Waals surface area contributed by atoms with E-state index >= 15 is 0 Å². The fourth-order valence-electron chi connectivity index (χ4n) is 12.5. The van der Waals surface area contributed by atoms with Crippen LogP contribution in [0.2, 0.25) is 0 Å². The molecule has 1 heterocycles. The van der Waals surface area contributed by atoms with Crippen molar-refractivity contribution in [2.24, 2.45) is 50.2 Å². The zero-order chi connectivity index (χ0) is 36.3. The molecule has 9 heteroatoms. The first-order valence-electron chi connectivity index (χ1n) is 19.6. The lowest BCUT2D eigenvalue weighted by Crippen LogP contribution is -2.65. The van der Waals surface area contributed by atoms with Crippen molar-refractivity contribution in [2.75, 3.05) is 0 Å². The van der Waals surface area contributed by atoms with Crippen LogP contribution < -0.4 is 0 Å². The minimum absolute atomic E-state index is 0.0285. The van der Waals surface area contributed by atoms with Gasteiger partial charge in [0, 0.05) is 11.8 Å². The summed E-state index contributed by atoms with van der Waals surface area (Å²) >= 11 is 0. The third-order valence-corrected chi connectivity index (χ3v) is 15.5. The second-order valence-electron chi connectivity index (χ2n) is 19.2. The molecule has 6 rings (SSSR count). The van der Waals surface area contributed by atoms with E-state index in [-0.39, 0.29) is 63.7 Å². The summed E-state index contributed by atoms with van der Waals surface area (Å²) in [5.74, 6) is 0.0761. The topological polar surface area (TPSA) is 121 Å². The van der Waals surface area contributed by atoms with Gasteiger partial charge in [0.1, 0.15) is 24.9 Å². The van der Waals surface area contributed by atoms with Gasteiger partial charge in [-0.2, -0.15) is 0 Å². The van der Waals surface area contributed by atoms with Gasteiger partial charge in [-0.05, 0) is 115 Å². The van der Waals surface area contributed by atoms with E-state index < -0.39 is 5.97 Å². The van der Waals surface area contributed by atoms with E-state index in [1.54, 1.807) is 11.8 Å². The van der Waals surface area contributed by atoms with Crippen molar-refractivity contribution in [3.05, 3.63) is 23.5 Å². The highest BCUT2D eigenvalue weighted by Crippen LogP contribution is 2.76. The summed E-state index contributed by atoms with van der Waals surface area (Å²) in [5.41, 5.74) is 2.33. The maximum atomic E-state index is 13.3. The van der Waals surface area contributed by atoms with Gasteiger partial charge in [-0.3, -0.25) is 14.4 Å². The lowest BCUT2D eigenvalue weighted by atomic mass is 9.33. The summed E-state index contributed by atoms with van der Waals surface area (Å²) in [5, 5.41) is 18.2. The number of carboxylic acids is 1. The van der Waals surface area contributed by atoms with Crippen LogP contribution >= 0.6 is 0 Å². The summed E-state index contributed by atoms with van der Waals surface area (Å²) < 4.78 is 13.0. The fraction of sp³-hybridized carbons (Fsp3) is 0.829. The molecule has 1 aromatic heterocycles. The molecule has 0 amide bonds. The third-order valence-electron chi connectivity index (χ3n) is 15.5. The molecule has 0 aliphatic heterocycles. The van der Waals surface area contributed by atoms with Gasteiger partial charge in [0.15, 0.2) is 0 Å². The zero-order valence-electron chi connectivity index (χ0n) is 32.1. The molecule has 50 heavy (non-hydrogen) atoms. The number of carboxylic acid groups (broad SMARTS) is 1. The molecule has 1 unspecified atom stereocenters. The molecule has 278 valence electrons. The summed E-state index contributed by atoms with van der Waals surface area (Å²) in [7, 11) is 0. The number of allylic oxidation sites excluding steroid dienone is 2. The Hall–Kier alpha value is -2.71. The van der Waals surface area contributed by atoms with E-state index in [1.165, 1.54) is 4.68 Å². The highest BCUT2D eigenvalue weighted by atomic mass is 16.5. The average Bonchev–Trinajstić information content (AvgIpc) is 3.48. The molecule has 0 radical (unpaired) electrons. The van der Waals surface area contributed by atoms with Crippen LogP contribution in [0, 0.1) is 50.2 Å². The SMILES string of the molecule is CCCCC(=O)OCc1cn(CC(=O)O[C@H]2CC[C@@]3(C)C(CC[C@]4(C)[C@@H]3CC=C3[C@H]5CC(C)(C)CC[C@]5(CC(=O)O)CC[C@]34C)C2(C)C)nn1. The summed E-state index contributed by atoms with van der Waals surface area (Å²) in [4.78, 5) is 37.4. The van der Waals surface area contributed by atoms with Crippen molar-refractivity contribution in [1.29, 1.82) is 0 Å². The van der Waals surface area contributed by atoms with E-state index in [4.69, 9.17) is 9.47 Å². The summed E-state index contributed by atoms with van der Waals surface area (Å²) in [6, 6.07) is 0. The predicted octanol–water partition coefficient (Wildman–Crippen LogP) is 8.70. The van der Waals surface area contributed by atoms with E-state index in [0.29, 0.717) is 36.3 Å². The summed E-state index contributed by atoms with van der Waals surface area (Å²) in [6.45, 7) is 19.1. The van der Waals surface area contributed by atoms with Crippen molar-refractivity contribution in [1.82, 2.24) is 15.0 Å². The Morgan fingerprint density at radius 2 is 1.68 bits per heavy atom. The first-order valence-corrected chi connectivity index (χ1v) is 19.6. The molecular formula is C41H63N3O6. The number of hydrogen-bond donors (Lipinski definition) is 1. The van der Waals surface area contributed by atoms with Gasteiger partial charge >= 0.3 is 17.9 Å². The highest BCUT2D eigenvalue weighted by molar-refractivity contribution is 5.70.